The molecule has 0 aromatic rings. The van der Waals surface area contributed by atoms with Crippen molar-refractivity contribution in [3.05, 3.63) is 0 Å². The molecular formula is C8F17O3S-. The summed E-state index contributed by atoms with van der Waals surface area (Å²) in [5.41, 5.74) is -9.46. The lowest BCUT2D eigenvalue weighted by molar-refractivity contribution is -0.488. The van der Waals surface area contributed by atoms with Gasteiger partial charge in [-0.2, -0.15) is 70.2 Å². The van der Waals surface area contributed by atoms with Crippen LogP contribution in [-0.2, 0) is 10.1 Å². The monoisotopic (exact) mass is 499 g/mol. The van der Waals surface area contributed by atoms with E-state index in [-0.39, 0.29) is 0 Å². The molecule has 29 heavy (non-hydrogen) atoms. The fraction of sp³-hybridized carbons (Fsp3) is 1.00. The lowest BCUT2D eigenvalue weighted by Crippen LogP contribution is -2.82. The van der Waals surface area contributed by atoms with Crippen LogP contribution in [0.4, 0.5) is 74.6 Å². The van der Waals surface area contributed by atoms with Crippen molar-refractivity contribution in [3.63, 3.8) is 0 Å². The van der Waals surface area contributed by atoms with Crippen LogP contribution in [0.3, 0.4) is 0 Å². The molecule has 0 aliphatic rings. The number of hydrogen-bond donors (Lipinski definition) is 0. The van der Waals surface area contributed by atoms with Crippen LogP contribution in [0.2, 0.25) is 0 Å². The third-order valence-corrected chi connectivity index (χ3v) is 4.52. The Morgan fingerprint density at radius 3 is 0.828 bits per heavy atom. The molecule has 21 heteroatoms. The van der Waals surface area contributed by atoms with E-state index >= 15 is 0 Å². The number of rotatable bonds is 4. The largest absolute Gasteiger partial charge is 0.745 e. The fourth-order valence-corrected chi connectivity index (χ4v) is 3.22. The van der Waals surface area contributed by atoms with Crippen LogP contribution in [0.15, 0.2) is 0 Å². The Balaban J connectivity index is 8.37. The van der Waals surface area contributed by atoms with Gasteiger partial charge in [0.25, 0.3) is 10.4 Å². The van der Waals surface area contributed by atoms with E-state index in [2.05, 4.69) is 0 Å². The molecule has 1 atom stereocenters. The molecule has 0 radical (unpaired) electrons. The van der Waals surface area contributed by atoms with Gasteiger partial charge in [0, 0.05) is 0 Å². The minimum atomic E-state index is -9.46. The van der Waals surface area contributed by atoms with E-state index in [0.29, 0.717) is 0 Å². The predicted molar refractivity (Wildman–Crippen MR) is 50.1 cm³/mol. The Kier molecular flexibility index (Phi) is 6.08. The van der Waals surface area contributed by atoms with E-state index in [0.717, 1.165) is 0 Å². The zero-order valence-corrected chi connectivity index (χ0v) is 12.9. The highest BCUT2D eigenvalue weighted by atomic mass is 32.2. The van der Waals surface area contributed by atoms with E-state index in [4.69, 9.17) is 0 Å². The maximum Gasteiger partial charge on any atom is 0.457 e. The average Bonchev–Trinajstić information content (AvgIpc) is 2.30. The third kappa shape index (κ3) is 3.26. The number of alkyl halides is 17. The van der Waals surface area contributed by atoms with Crippen LogP contribution in [0.25, 0.3) is 0 Å². The van der Waals surface area contributed by atoms with Crippen LogP contribution in [0.1, 0.15) is 0 Å². The highest BCUT2D eigenvalue weighted by Gasteiger charge is 3.03. The van der Waals surface area contributed by atoms with E-state index in [1.807, 2.05) is 0 Å². The summed E-state index contributed by atoms with van der Waals surface area (Å²) in [5.74, 6) is -18.0. The van der Waals surface area contributed by atoms with Gasteiger partial charge < -0.3 is 4.55 Å². The van der Waals surface area contributed by atoms with E-state index in [1.165, 1.54) is 0 Å². The Morgan fingerprint density at radius 1 is 0.448 bits per heavy atom. The zero-order chi connectivity index (χ0) is 24.5. The molecule has 0 saturated heterocycles. The standard InChI is InChI=1S/C8HF17O3S/c9-2(10,7(20,21)22)1(5(14,15)16,6(17,18)19)4(13,29(26,27)28)3(11,12)8(23,24)25/h(H,26,27,28)/p-1. The molecule has 0 rings (SSSR count). The van der Waals surface area contributed by atoms with Gasteiger partial charge in [0.05, 0.1) is 0 Å². The lowest BCUT2D eigenvalue weighted by Gasteiger charge is -2.52. The van der Waals surface area contributed by atoms with Gasteiger partial charge in [-0.05, 0) is 0 Å². The molecule has 0 spiro atoms. The van der Waals surface area contributed by atoms with Gasteiger partial charge in [0.15, 0.2) is 0 Å². The molecule has 1 unspecified atom stereocenters. The maximum absolute atomic E-state index is 14.1. The highest BCUT2D eigenvalue weighted by molar-refractivity contribution is 7.87. The van der Waals surface area contributed by atoms with Crippen molar-refractivity contribution < 1.29 is 87.6 Å². The molecule has 0 saturated carbocycles. The van der Waals surface area contributed by atoms with Gasteiger partial charge in [-0.3, -0.25) is 0 Å². The SMILES string of the molecule is O=S(=O)([O-])C(F)(C(F)(F)C(F)(F)F)C(C(F)(F)F)(C(F)(F)F)C(F)(F)C(F)(F)F. The minimum absolute atomic E-state index is 8.32. The van der Waals surface area contributed by atoms with Crippen LogP contribution in [0, 0.1) is 5.41 Å². The quantitative estimate of drug-likeness (QED) is 0.417. The lowest BCUT2D eigenvalue weighted by atomic mass is 9.71. The summed E-state index contributed by atoms with van der Waals surface area (Å²) in [6, 6.07) is 0. The van der Waals surface area contributed by atoms with Crippen molar-refractivity contribution in [1.29, 1.82) is 0 Å². The second kappa shape index (κ2) is 6.36. The molecular weight excluding hydrogens is 499 g/mol. The van der Waals surface area contributed by atoms with Crippen LogP contribution < -0.4 is 0 Å². The van der Waals surface area contributed by atoms with E-state index < -0.39 is 57.1 Å². The first-order chi connectivity index (χ1) is 12.0. The molecule has 0 aromatic carbocycles. The summed E-state index contributed by atoms with van der Waals surface area (Å²) in [6.07, 6.45) is -34.6. The first-order valence-corrected chi connectivity index (χ1v) is 7.08. The molecule has 0 N–H and O–H groups in total. The third-order valence-electron chi connectivity index (χ3n) is 3.26. The first-order valence-electron chi connectivity index (χ1n) is 5.67. The van der Waals surface area contributed by atoms with Crippen molar-refractivity contribution in [3.8, 4) is 0 Å². The summed E-state index contributed by atoms with van der Waals surface area (Å²) >= 11 is 0. The summed E-state index contributed by atoms with van der Waals surface area (Å²) in [4.78, 5) is 0. The second-order valence-corrected chi connectivity index (χ2v) is 6.41. The van der Waals surface area contributed by atoms with E-state index in [9.17, 15) is 87.6 Å². The first kappa shape index (κ1) is 27.7. The second-order valence-electron chi connectivity index (χ2n) is 4.94. The summed E-state index contributed by atoms with van der Waals surface area (Å²) in [6.45, 7) is 0. The van der Waals surface area contributed by atoms with Crippen molar-refractivity contribution in [2.24, 2.45) is 5.41 Å². The smallest absolute Gasteiger partial charge is 0.457 e. The fourth-order valence-electron chi connectivity index (χ4n) is 2.06. The van der Waals surface area contributed by atoms with Gasteiger partial charge in [0.1, 0.15) is 10.1 Å². The van der Waals surface area contributed by atoms with Crippen LogP contribution in [0.5, 0.6) is 0 Å². The Labute approximate surface area is 146 Å². The number of hydrogen-bond acceptors (Lipinski definition) is 3. The summed E-state index contributed by atoms with van der Waals surface area (Å²) < 4.78 is 248. The summed E-state index contributed by atoms with van der Waals surface area (Å²) in [7, 11) is -9.28. The topological polar surface area (TPSA) is 57.2 Å². The predicted octanol–water partition coefficient (Wildman–Crippen LogP) is 4.70. The molecule has 0 fully saturated rings. The molecule has 0 heterocycles. The zero-order valence-electron chi connectivity index (χ0n) is 12.1. The van der Waals surface area contributed by atoms with Gasteiger partial charge in [-0.15, -0.1) is 0 Å². The molecule has 0 aromatic heterocycles. The van der Waals surface area contributed by atoms with Crippen molar-refractivity contribution in [1.82, 2.24) is 0 Å². The highest BCUT2D eigenvalue weighted by Crippen LogP contribution is 2.73. The van der Waals surface area contributed by atoms with E-state index in [1.54, 1.807) is 0 Å². The minimum Gasteiger partial charge on any atom is -0.745 e. The molecule has 0 amide bonds. The Morgan fingerprint density at radius 2 is 0.690 bits per heavy atom. The Bertz CT molecular complexity index is 708. The van der Waals surface area contributed by atoms with Crippen LogP contribution >= 0.6 is 0 Å². The summed E-state index contributed by atoms with van der Waals surface area (Å²) in [5, 5.41) is -9.22. The van der Waals surface area contributed by atoms with Crippen molar-refractivity contribution in [2.75, 3.05) is 0 Å². The van der Waals surface area contributed by atoms with Gasteiger partial charge in [0.2, 0.25) is 0 Å². The maximum atomic E-state index is 14.1. The molecule has 3 nitrogen and oxygen atoms in total. The van der Waals surface area contributed by atoms with Gasteiger partial charge in [-0.25, -0.2) is 12.8 Å². The van der Waals surface area contributed by atoms with Gasteiger partial charge >= 0.3 is 36.6 Å². The Hall–Kier alpha value is -1.28. The molecule has 0 aliphatic heterocycles. The van der Waals surface area contributed by atoms with Crippen molar-refractivity contribution >= 4 is 10.1 Å². The number of halogens is 17. The average molecular weight is 499 g/mol. The van der Waals surface area contributed by atoms with Crippen LogP contribution in [-0.4, -0.2) is 54.5 Å². The van der Waals surface area contributed by atoms with Gasteiger partial charge in [-0.1, -0.05) is 0 Å². The normalized spacial score (nSPS) is 18.6. The molecule has 0 bridgehead atoms. The molecule has 176 valence electrons. The van der Waals surface area contributed by atoms with Crippen molar-refractivity contribution in [2.45, 2.75) is 41.6 Å². The molecule has 0 aliphatic carbocycles.